The van der Waals surface area contributed by atoms with Crippen LogP contribution in [0.3, 0.4) is 0 Å². The Labute approximate surface area is 151 Å². The predicted molar refractivity (Wildman–Crippen MR) is 97.8 cm³/mol. The quantitative estimate of drug-likeness (QED) is 0.503. The first-order valence-corrected chi connectivity index (χ1v) is 9.56. The molecule has 4 aromatic rings. The van der Waals surface area contributed by atoms with E-state index >= 15 is 0 Å². The van der Waals surface area contributed by atoms with Crippen molar-refractivity contribution in [3.63, 3.8) is 0 Å². The fourth-order valence-electron chi connectivity index (χ4n) is 2.47. The fourth-order valence-corrected chi connectivity index (χ4v) is 4.10. The van der Waals surface area contributed by atoms with E-state index in [4.69, 9.17) is 0 Å². The highest BCUT2D eigenvalue weighted by Crippen LogP contribution is 2.25. The van der Waals surface area contributed by atoms with Gasteiger partial charge in [-0.15, -0.1) is 21.5 Å². The summed E-state index contributed by atoms with van der Waals surface area (Å²) in [5, 5.41) is 11.2. The summed E-state index contributed by atoms with van der Waals surface area (Å²) in [6, 6.07) is 7.28. The van der Waals surface area contributed by atoms with Crippen molar-refractivity contribution in [2.24, 2.45) is 0 Å². The number of nitrogens with zero attached hydrogens (tertiary/aromatic N) is 6. The highest BCUT2D eigenvalue weighted by molar-refractivity contribution is 7.98. The molecule has 0 unspecified atom stereocenters. The van der Waals surface area contributed by atoms with Gasteiger partial charge in [-0.3, -0.25) is 14.2 Å². The van der Waals surface area contributed by atoms with Crippen LogP contribution in [0.2, 0.25) is 0 Å². The smallest absolute Gasteiger partial charge is 0.258 e. The Bertz CT molecular complexity index is 1070. The van der Waals surface area contributed by atoms with Crippen molar-refractivity contribution < 1.29 is 0 Å². The molecule has 0 N–H and O–H groups in total. The van der Waals surface area contributed by atoms with Gasteiger partial charge in [0, 0.05) is 36.1 Å². The molecule has 0 aliphatic heterocycles. The summed E-state index contributed by atoms with van der Waals surface area (Å²) < 4.78 is 3.57. The molecule has 7 nitrogen and oxygen atoms in total. The Kier molecular flexibility index (Phi) is 4.33. The first-order chi connectivity index (χ1) is 12.3. The molecule has 0 spiro atoms. The van der Waals surface area contributed by atoms with E-state index in [0.29, 0.717) is 10.7 Å². The van der Waals surface area contributed by atoms with Gasteiger partial charge in [-0.05, 0) is 19.1 Å². The Morgan fingerprint density at radius 3 is 3.00 bits per heavy atom. The molecule has 0 radical (unpaired) electrons. The van der Waals surface area contributed by atoms with Crippen LogP contribution < -0.4 is 5.56 Å². The fraction of sp³-hybridized carbons (Fsp3) is 0.188. The van der Waals surface area contributed by atoms with E-state index in [-0.39, 0.29) is 5.56 Å². The van der Waals surface area contributed by atoms with Crippen LogP contribution in [0, 0.1) is 0 Å². The maximum Gasteiger partial charge on any atom is 0.258 e. The summed E-state index contributed by atoms with van der Waals surface area (Å²) in [4.78, 5) is 21.6. The van der Waals surface area contributed by atoms with Crippen LogP contribution in [0.4, 0.5) is 0 Å². The number of hydrogen-bond donors (Lipinski definition) is 0. The molecule has 4 aromatic heterocycles. The molecule has 0 bridgehead atoms. The van der Waals surface area contributed by atoms with E-state index in [1.54, 1.807) is 22.9 Å². The van der Waals surface area contributed by atoms with E-state index in [9.17, 15) is 4.79 Å². The number of pyridine rings is 1. The third-order valence-corrected chi connectivity index (χ3v) is 5.39. The molecule has 25 heavy (non-hydrogen) atoms. The first kappa shape index (κ1) is 16.0. The van der Waals surface area contributed by atoms with E-state index < -0.39 is 0 Å². The van der Waals surface area contributed by atoms with Crippen molar-refractivity contribution in [3.8, 4) is 11.5 Å². The molecule has 0 saturated heterocycles. The van der Waals surface area contributed by atoms with Crippen molar-refractivity contribution in [1.29, 1.82) is 0 Å². The second kappa shape index (κ2) is 6.77. The molecule has 4 rings (SSSR count). The molecule has 4 heterocycles. The average molecular weight is 370 g/mol. The van der Waals surface area contributed by atoms with Crippen molar-refractivity contribution in [1.82, 2.24) is 29.1 Å². The number of thioether (sulfide) groups is 1. The average Bonchev–Trinajstić information content (AvgIpc) is 3.27. The second-order valence-electron chi connectivity index (χ2n) is 5.20. The Morgan fingerprint density at radius 2 is 2.20 bits per heavy atom. The Hall–Kier alpha value is -2.52. The van der Waals surface area contributed by atoms with Crippen molar-refractivity contribution in [3.05, 3.63) is 58.1 Å². The molecule has 0 atom stereocenters. The van der Waals surface area contributed by atoms with Gasteiger partial charge in [0.05, 0.1) is 5.69 Å². The molecular formula is C16H14N6OS2. The van der Waals surface area contributed by atoms with Crippen molar-refractivity contribution in [2.75, 3.05) is 0 Å². The number of rotatable bonds is 5. The van der Waals surface area contributed by atoms with Gasteiger partial charge in [0.1, 0.15) is 5.69 Å². The van der Waals surface area contributed by atoms with Crippen LogP contribution in [0.25, 0.3) is 16.5 Å². The third-order valence-electron chi connectivity index (χ3n) is 3.63. The van der Waals surface area contributed by atoms with Crippen LogP contribution in [0.1, 0.15) is 12.6 Å². The standard InChI is InChI=1S/C16H14N6OS2/c1-2-21-14(12-5-3-4-6-17-12)19-20-16(21)25-10-11-9-13(23)22-7-8-24-15(22)18-11/h3-9H,2,10H2,1H3. The number of aromatic nitrogens is 6. The molecule has 0 fully saturated rings. The van der Waals surface area contributed by atoms with Crippen LogP contribution in [-0.2, 0) is 12.3 Å². The largest absolute Gasteiger partial charge is 0.301 e. The van der Waals surface area contributed by atoms with E-state index in [1.807, 2.05) is 35.1 Å². The minimum atomic E-state index is -0.0621. The normalized spacial score (nSPS) is 11.2. The van der Waals surface area contributed by atoms with Gasteiger partial charge in [0.25, 0.3) is 5.56 Å². The Morgan fingerprint density at radius 1 is 1.28 bits per heavy atom. The number of hydrogen-bond acceptors (Lipinski definition) is 7. The summed E-state index contributed by atoms with van der Waals surface area (Å²) >= 11 is 2.96. The molecule has 9 heteroatoms. The molecule has 0 aromatic carbocycles. The summed E-state index contributed by atoms with van der Waals surface area (Å²) in [6.07, 6.45) is 3.48. The van der Waals surface area contributed by atoms with Crippen molar-refractivity contribution >= 4 is 28.1 Å². The lowest BCUT2D eigenvalue weighted by Crippen LogP contribution is -2.12. The zero-order valence-electron chi connectivity index (χ0n) is 13.4. The van der Waals surface area contributed by atoms with Crippen LogP contribution >= 0.6 is 23.1 Å². The lowest BCUT2D eigenvalue weighted by Gasteiger charge is -2.06. The van der Waals surface area contributed by atoms with Gasteiger partial charge >= 0.3 is 0 Å². The highest BCUT2D eigenvalue weighted by atomic mass is 32.2. The maximum absolute atomic E-state index is 12.1. The molecule has 0 aliphatic carbocycles. The summed E-state index contributed by atoms with van der Waals surface area (Å²) in [5.41, 5.74) is 1.47. The highest BCUT2D eigenvalue weighted by Gasteiger charge is 2.14. The number of thiazole rings is 1. The van der Waals surface area contributed by atoms with Crippen molar-refractivity contribution in [2.45, 2.75) is 24.4 Å². The van der Waals surface area contributed by atoms with E-state index in [2.05, 4.69) is 20.2 Å². The van der Waals surface area contributed by atoms with Gasteiger partial charge < -0.3 is 4.57 Å². The summed E-state index contributed by atoms with van der Waals surface area (Å²) in [6.45, 7) is 2.78. The van der Waals surface area contributed by atoms with E-state index in [0.717, 1.165) is 28.9 Å². The minimum Gasteiger partial charge on any atom is -0.301 e. The lowest BCUT2D eigenvalue weighted by atomic mass is 10.3. The molecule has 0 amide bonds. The molecule has 126 valence electrons. The first-order valence-electron chi connectivity index (χ1n) is 7.69. The van der Waals surface area contributed by atoms with Gasteiger partial charge in [-0.1, -0.05) is 17.8 Å². The zero-order chi connectivity index (χ0) is 17.2. The zero-order valence-corrected chi connectivity index (χ0v) is 15.0. The SMILES string of the molecule is CCn1c(SCc2cc(=O)n3ccsc3n2)nnc1-c1ccccn1. The monoisotopic (exact) mass is 370 g/mol. The Balaban J connectivity index is 1.60. The maximum atomic E-state index is 12.1. The van der Waals surface area contributed by atoms with Crippen LogP contribution in [-0.4, -0.2) is 29.1 Å². The van der Waals surface area contributed by atoms with Gasteiger partial charge in [-0.2, -0.15) is 0 Å². The van der Waals surface area contributed by atoms with Gasteiger partial charge in [-0.25, -0.2) is 4.98 Å². The predicted octanol–water partition coefficient (Wildman–Crippen LogP) is 2.72. The summed E-state index contributed by atoms with van der Waals surface area (Å²) in [7, 11) is 0. The number of fused-ring (bicyclic) bond motifs is 1. The lowest BCUT2D eigenvalue weighted by molar-refractivity contribution is 0.686. The molecule has 0 saturated carbocycles. The van der Waals surface area contributed by atoms with Crippen LogP contribution in [0.15, 0.2) is 52.0 Å². The third kappa shape index (κ3) is 3.08. The van der Waals surface area contributed by atoms with Gasteiger partial charge in [0.2, 0.25) is 0 Å². The summed E-state index contributed by atoms with van der Waals surface area (Å²) in [5.74, 6) is 1.30. The molecular weight excluding hydrogens is 356 g/mol. The second-order valence-corrected chi connectivity index (χ2v) is 7.01. The topological polar surface area (TPSA) is 78.0 Å². The minimum absolute atomic E-state index is 0.0621. The molecule has 0 aliphatic rings. The van der Waals surface area contributed by atoms with Gasteiger partial charge in [0.15, 0.2) is 15.9 Å². The van der Waals surface area contributed by atoms with Crippen LogP contribution in [0.5, 0.6) is 0 Å². The van der Waals surface area contributed by atoms with E-state index in [1.165, 1.54) is 23.1 Å².